The number of amides is 1. The first-order chi connectivity index (χ1) is 11.2. The van der Waals surface area contributed by atoms with E-state index in [-0.39, 0.29) is 11.2 Å². The molecule has 1 N–H and O–H groups in total. The van der Waals surface area contributed by atoms with E-state index >= 15 is 0 Å². The third kappa shape index (κ3) is 3.83. The molecule has 1 aromatic carbocycles. The van der Waals surface area contributed by atoms with Crippen LogP contribution in [0.15, 0.2) is 52.2 Å². The minimum absolute atomic E-state index is 0.116. The van der Waals surface area contributed by atoms with Crippen LogP contribution in [0.5, 0.6) is 0 Å². The number of hydrogen-bond acceptors (Lipinski definition) is 5. The predicted octanol–water partition coefficient (Wildman–Crippen LogP) is 4.39. The fourth-order valence-corrected chi connectivity index (χ4v) is 3.08. The summed E-state index contributed by atoms with van der Waals surface area (Å²) in [5, 5.41) is 3.56. The van der Waals surface area contributed by atoms with Crippen LogP contribution < -0.4 is 5.32 Å². The predicted molar refractivity (Wildman–Crippen MR) is 91.8 cm³/mol. The van der Waals surface area contributed by atoms with Gasteiger partial charge in [0.25, 0.3) is 5.22 Å². The molecule has 118 valence electrons. The van der Waals surface area contributed by atoms with Crippen LogP contribution >= 0.6 is 23.4 Å². The first kappa shape index (κ1) is 15.8. The van der Waals surface area contributed by atoms with E-state index in [2.05, 4.69) is 15.3 Å². The SMILES string of the molecule is CCC(Sc1nc2ncccc2o1)C(=O)Nc1cccc(Cl)c1. The van der Waals surface area contributed by atoms with Crippen LogP contribution in [0.1, 0.15) is 13.3 Å². The molecule has 0 bridgehead atoms. The number of nitrogens with zero attached hydrogens (tertiary/aromatic N) is 2. The zero-order chi connectivity index (χ0) is 16.2. The summed E-state index contributed by atoms with van der Waals surface area (Å²) in [6, 6.07) is 10.6. The molecule has 1 amide bonds. The van der Waals surface area contributed by atoms with Gasteiger partial charge in [0, 0.05) is 16.9 Å². The van der Waals surface area contributed by atoms with E-state index in [4.69, 9.17) is 16.0 Å². The summed E-state index contributed by atoms with van der Waals surface area (Å²) in [4.78, 5) is 20.8. The lowest BCUT2D eigenvalue weighted by Crippen LogP contribution is -2.24. The van der Waals surface area contributed by atoms with E-state index in [1.165, 1.54) is 11.8 Å². The summed E-state index contributed by atoms with van der Waals surface area (Å²) in [7, 11) is 0. The summed E-state index contributed by atoms with van der Waals surface area (Å²) in [5.74, 6) is -0.116. The van der Waals surface area contributed by atoms with E-state index in [0.29, 0.717) is 33.6 Å². The van der Waals surface area contributed by atoms with Gasteiger partial charge in [0.15, 0.2) is 11.2 Å². The largest absolute Gasteiger partial charge is 0.430 e. The number of anilines is 1. The summed E-state index contributed by atoms with van der Waals surface area (Å²) >= 11 is 7.21. The van der Waals surface area contributed by atoms with Gasteiger partial charge in [0.2, 0.25) is 5.91 Å². The molecule has 0 saturated carbocycles. The Morgan fingerprint density at radius 1 is 1.39 bits per heavy atom. The van der Waals surface area contributed by atoms with Crippen LogP contribution in [0.3, 0.4) is 0 Å². The van der Waals surface area contributed by atoms with Crippen LogP contribution in [-0.2, 0) is 4.79 Å². The van der Waals surface area contributed by atoms with Crippen molar-refractivity contribution in [3.63, 3.8) is 0 Å². The van der Waals surface area contributed by atoms with E-state index in [1.807, 2.05) is 6.92 Å². The van der Waals surface area contributed by atoms with Gasteiger partial charge in [-0.1, -0.05) is 36.4 Å². The van der Waals surface area contributed by atoms with Crippen molar-refractivity contribution in [2.24, 2.45) is 0 Å². The molecular weight excluding hydrogens is 334 g/mol. The van der Waals surface area contributed by atoms with Gasteiger partial charge in [-0.25, -0.2) is 4.98 Å². The normalized spacial score (nSPS) is 12.3. The van der Waals surface area contributed by atoms with Crippen LogP contribution in [0, 0.1) is 0 Å². The highest BCUT2D eigenvalue weighted by atomic mass is 35.5. The van der Waals surface area contributed by atoms with Crippen molar-refractivity contribution in [3.8, 4) is 0 Å². The highest BCUT2D eigenvalue weighted by Crippen LogP contribution is 2.28. The fraction of sp³-hybridized carbons (Fsp3) is 0.188. The Morgan fingerprint density at radius 3 is 3.00 bits per heavy atom. The summed E-state index contributed by atoms with van der Waals surface area (Å²) in [6.45, 7) is 1.94. The molecule has 0 radical (unpaired) electrons. The van der Waals surface area contributed by atoms with Gasteiger partial charge in [-0.05, 0) is 36.8 Å². The monoisotopic (exact) mass is 347 g/mol. The number of halogens is 1. The highest BCUT2D eigenvalue weighted by molar-refractivity contribution is 8.00. The van der Waals surface area contributed by atoms with Gasteiger partial charge in [-0.15, -0.1) is 0 Å². The average molecular weight is 348 g/mol. The quantitative estimate of drug-likeness (QED) is 0.693. The Morgan fingerprint density at radius 2 is 2.26 bits per heavy atom. The maximum Gasteiger partial charge on any atom is 0.259 e. The van der Waals surface area contributed by atoms with Crippen molar-refractivity contribution in [3.05, 3.63) is 47.6 Å². The molecule has 1 unspecified atom stereocenters. The molecule has 0 aliphatic carbocycles. The molecule has 3 rings (SSSR count). The topological polar surface area (TPSA) is 68.0 Å². The van der Waals surface area contributed by atoms with Crippen LogP contribution in [0.25, 0.3) is 11.2 Å². The Kier molecular flexibility index (Phi) is 4.83. The molecule has 0 aliphatic rings. The lowest BCUT2D eigenvalue weighted by atomic mass is 10.3. The molecule has 0 fully saturated rings. The Balaban J connectivity index is 1.72. The number of thioether (sulfide) groups is 1. The van der Waals surface area contributed by atoms with Gasteiger partial charge in [0.05, 0.1) is 5.25 Å². The van der Waals surface area contributed by atoms with Gasteiger partial charge < -0.3 is 9.73 Å². The Labute approximate surface area is 142 Å². The lowest BCUT2D eigenvalue weighted by Gasteiger charge is -2.12. The van der Waals surface area contributed by atoms with Crippen molar-refractivity contribution in [1.29, 1.82) is 0 Å². The van der Waals surface area contributed by atoms with Crippen molar-refractivity contribution >= 4 is 46.2 Å². The Hall–Kier alpha value is -2.05. The second-order valence-electron chi connectivity index (χ2n) is 4.82. The van der Waals surface area contributed by atoms with Crippen molar-refractivity contribution in [1.82, 2.24) is 9.97 Å². The number of carbonyl (C=O) groups is 1. The standard InChI is InChI=1S/C16H14ClN3O2S/c1-2-13(15(21)19-11-6-3-5-10(17)9-11)23-16-20-14-12(22-16)7-4-8-18-14/h3-9,13H,2H2,1H3,(H,19,21). The number of hydrogen-bond donors (Lipinski definition) is 1. The molecule has 7 heteroatoms. The molecule has 0 aliphatic heterocycles. The minimum atomic E-state index is -0.318. The second-order valence-corrected chi connectivity index (χ2v) is 6.41. The molecule has 2 aromatic heterocycles. The summed E-state index contributed by atoms with van der Waals surface area (Å²) in [5.41, 5.74) is 1.82. The van der Waals surface area contributed by atoms with E-state index in [1.54, 1.807) is 42.6 Å². The number of aromatic nitrogens is 2. The molecular formula is C16H14ClN3O2S. The maximum atomic E-state index is 12.4. The summed E-state index contributed by atoms with van der Waals surface area (Å²) < 4.78 is 5.61. The number of benzene rings is 1. The highest BCUT2D eigenvalue weighted by Gasteiger charge is 2.21. The van der Waals surface area contributed by atoms with E-state index < -0.39 is 0 Å². The second kappa shape index (κ2) is 7.02. The first-order valence-electron chi connectivity index (χ1n) is 7.10. The summed E-state index contributed by atoms with van der Waals surface area (Å²) in [6.07, 6.45) is 2.30. The van der Waals surface area contributed by atoms with Gasteiger partial charge >= 0.3 is 0 Å². The Bertz CT molecular complexity index is 804. The zero-order valence-corrected chi connectivity index (χ0v) is 13.9. The third-order valence-electron chi connectivity index (χ3n) is 3.14. The molecule has 23 heavy (non-hydrogen) atoms. The van der Waals surface area contributed by atoms with Crippen molar-refractivity contribution < 1.29 is 9.21 Å². The lowest BCUT2D eigenvalue weighted by molar-refractivity contribution is -0.115. The molecule has 3 aromatic rings. The van der Waals surface area contributed by atoms with Crippen molar-refractivity contribution in [2.45, 2.75) is 23.8 Å². The third-order valence-corrected chi connectivity index (χ3v) is 4.59. The number of rotatable bonds is 5. The average Bonchev–Trinajstić information content (AvgIpc) is 2.95. The smallest absolute Gasteiger partial charge is 0.259 e. The van der Waals surface area contributed by atoms with Crippen molar-refractivity contribution in [2.75, 3.05) is 5.32 Å². The minimum Gasteiger partial charge on any atom is -0.430 e. The van der Waals surface area contributed by atoms with Gasteiger partial charge in [-0.3, -0.25) is 4.79 Å². The van der Waals surface area contributed by atoms with Crippen LogP contribution in [0.4, 0.5) is 5.69 Å². The van der Waals surface area contributed by atoms with E-state index in [9.17, 15) is 4.79 Å². The van der Waals surface area contributed by atoms with E-state index in [0.717, 1.165) is 0 Å². The molecule has 2 heterocycles. The molecule has 0 spiro atoms. The first-order valence-corrected chi connectivity index (χ1v) is 8.36. The number of nitrogens with one attached hydrogen (secondary N) is 1. The molecule has 0 saturated heterocycles. The fourth-order valence-electron chi connectivity index (χ4n) is 2.03. The van der Waals surface area contributed by atoms with Crippen LogP contribution in [0.2, 0.25) is 5.02 Å². The maximum absolute atomic E-state index is 12.4. The zero-order valence-electron chi connectivity index (χ0n) is 12.3. The number of pyridine rings is 1. The van der Waals surface area contributed by atoms with Gasteiger partial charge in [0.1, 0.15) is 0 Å². The number of fused-ring (bicyclic) bond motifs is 1. The van der Waals surface area contributed by atoms with Gasteiger partial charge in [-0.2, -0.15) is 4.98 Å². The number of carbonyl (C=O) groups excluding carboxylic acids is 1. The molecule has 5 nitrogen and oxygen atoms in total. The molecule has 1 atom stereocenters. The van der Waals surface area contributed by atoms with Crippen LogP contribution in [-0.4, -0.2) is 21.1 Å². The number of oxazole rings is 1.